The van der Waals surface area contributed by atoms with Crippen molar-refractivity contribution >= 4 is 27.8 Å². The lowest BCUT2D eigenvalue weighted by Crippen LogP contribution is -2.16. The van der Waals surface area contributed by atoms with Gasteiger partial charge >= 0.3 is 0 Å². The maximum absolute atomic E-state index is 12.9. The summed E-state index contributed by atoms with van der Waals surface area (Å²) >= 11 is 1.40. The van der Waals surface area contributed by atoms with Crippen LogP contribution in [0.3, 0.4) is 0 Å². The third kappa shape index (κ3) is 3.41. The zero-order valence-electron chi connectivity index (χ0n) is 15.2. The van der Waals surface area contributed by atoms with Gasteiger partial charge in [0.2, 0.25) is 0 Å². The molecule has 0 N–H and O–H groups in total. The molecular weight excluding hydrogens is 386 g/mol. The van der Waals surface area contributed by atoms with Crippen molar-refractivity contribution in [2.24, 2.45) is 5.10 Å². The van der Waals surface area contributed by atoms with Gasteiger partial charge in [0.05, 0.1) is 30.6 Å². The Labute approximate surface area is 169 Å². The Morgan fingerprint density at radius 3 is 2.90 bits per heavy atom. The van der Waals surface area contributed by atoms with Gasteiger partial charge in [-0.3, -0.25) is 9.48 Å². The summed E-state index contributed by atoms with van der Waals surface area (Å²) in [5.41, 5.74) is 2.45. The summed E-state index contributed by atoms with van der Waals surface area (Å²) in [5, 5.41) is 11.0. The molecule has 4 aromatic heterocycles. The molecule has 0 saturated heterocycles. The van der Waals surface area contributed by atoms with E-state index in [9.17, 15) is 4.79 Å². The summed E-state index contributed by atoms with van der Waals surface area (Å²) in [7, 11) is 0. The minimum Gasteiger partial charge on any atom is -0.464 e. The average Bonchev–Trinajstić information content (AvgIpc) is 3.49. The second kappa shape index (κ2) is 7.33. The van der Waals surface area contributed by atoms with Crippen molar-refractivity contribution in [3.05, 3.63) is 94.3 Å². The number of thiophene rings is 1. The normalized spacial score (nSPS) is 11.6. The molecule has 0 amide bonds. The summed E-state index contributed by atoms with van der Waals surface area (Å²) in [6.45, 7) is 0.670. The smallest absolute Gasteiger partial charge is 0.283 e. The fourth-order valence-corrected chi connectivity index (χ4v) is 3.94. The van der Waals surface area contributed by atoms with Crippen LogP contribution in [0.5, 0.6) is 0 Å². The minimum absolute atomic E-state index is 0.240. The fraction of sp³-hybridized carbons (Fsp3) is 0.0476. The Morgan fingerprint density at radius 2 is 2.07 bits per heavy atom. The number of benzene rings is 1. The quantitative estimate of drug-likeness (QED) is 0.419. The molecule has 5 aromatic rings. The molecule has 7 nitrogen and oxygen atoms in total. The van der Waals surface area contributed by atoms with Crippen LogP contribution in [0.4, 0.5) is 0 Å². The second-order valence-corrected chi connectivity index (χ2v) is 7.26. The molecule has 0 saturated carbocycles. The number of fused-ring (bicyclic) bond motifs is 1. The molecule has 1 aromatic carbocycles. The van der Waals surface area contributed by atoms with E-state index in [1.54, 1.807) is 24.7 Å². The van der Waals surface area contributed by atoms with Crippen LogP contribution in [0.2, 0.25) is 0 Å². The van der Waals surface area contributed by atoms with Crippen LogP contribution < -0.4 is 5.56 Å². The zero-order chi connectivity index (χ0) is 19.6. The first-order chi connectivity index (χ1) is 14.3. The van der Waals surface area contributed by atoms with Crippen molar-refractivity contribution in [3.8, 4) is 11.3 Å². The van der Waals surface area contributed by atoms with Crippen LogP contribution in [-0.2, 0) is 6.54 Å². The number of nitrogens with zero attached hydrogens (tertiary/aromatic N) is 5. The highest BCUT2D eigenvalue weighted by Crippen LogP contribution is 2.30. The van der Waals surface area contributed by atoms with Gasteiger partial charge in [-0.1, -0.05) is 30.3 Å². The van der Waals surface area contributed by atoms with Gasteiger partial charge in [-0.25, -0.2) is 4.98 Å². The van der Waals surface area contributed by atoms with E-state index in [0.717, 1.165) is 16.7 Å². The predicted octanol–water partition coefficient (Wildman–Crippen LogP) is 3.85. The molecule has 0 aliphatic heterocycles. The van der Waals surface area contributed by atoms with E-state index < -0.39 is 0 Å². The number of aromatic nitrogens is 4. The molecule has 8 heteroatoms. The van der Waals surface area contributed by atoms with Crippen LogP contribution in [0, 0.1) is 0 Å². The Kier molecular flexibility index (Phi) is 4.38. The van der Waals surface area contributed by atoms with E-state index in [4.69, 9.17) is 4.42 Å². The fourth-order valence-electron chi connectivity index (χ4n) is 3.05. The maximum atomic E-state index is 12.9. The van der Waals surface area contributed by atoms with Gasteiger partial charge in [0, 0.05) is 22.7 Å². The van der Waals surface area contributed by atoms with E-state index in [-0.39, 0.29) is 5.56 Å². The number of furan rings is 1. The third-order valence-corrected chi connectivity index (χ3v) is 5.32. The van der Waals surface area contributed by atoms with Gasteiger partial charge in [0.15, 0.2) is 0 Å². The molecule has 142 valence electrons. The molecule has 0 aliphatic carbocycles. The van der Waals surface area contributed by atoms with E-state index >= 15 is 0 Å². The van der Waals surface area contributed by atoms with E-state index in [1.807, 2.05) is 52.7 Å². The first kappa shape index (κ1) is 17.3. The Morgan fingerprint density at radius 1 is 1.17 bits per heavy atom. The molecule has 0 bridgehead atoms. The van der Waals surface area contributed by atoms with Crippen molar-refractivity contribution in [3.63, 3.8) is 0 Å². The second-order valence-electron chi connectivity index (χ2n) is 6.40. The van der Waals surface area contributed by atoms with Crippen LogP contribution in [0.15, 0.2) is 87.1 Å². The summed E-state index contributed by atoms with van der Waals surface area (Å²) in [6.07, 6.45) is 8.20. The van der Waals surface area contributed by atoms with Crippen LogP contribution in [0.25, 0.3) is 21.5 Å². The summed E-state index contributed by atoms with van der Waals surface area (Å²) in [5.74, 6) is 0.638. The zero-order valence-corrected chi connectivity index (χ0v) is 16.0. The number of rotatable bonds is 5. The molecule has 4 heterocycles. The SMILES string of the molecule is O=c1c2c(-c3ccco3)csc2ncn1/N=C\c1cnn(Cc2ccccc2)c1. The summed E-state index contributed by atoms with van der Waals surface area (Å²) in [6, 6.07) is 13.7. The molecule has 0 atom stereocenters. The van der Waals surface area contributed by atoms with E-state index in [1.165, 1.54) is 22.3 Å². The topological polar surface area (TPSA) is 78.2 Å². The molecule has 0 aliphatic rings. The average molecular weight is 401 g/mol. The predicted molar refractivity (Wildman–Crippen MR) is 112 cm³/mol. The highest BCUT2D eigenvalue weighted by atomic mass is 32.1. The monoisotopic (exact) mass is 401 g/mol. The van der Waals surface area contributed by atoms with E-state index in [2.05, 4.69) is 15.2 Å². The standard InChI is InChI=1S/C21H15N5O2S/c27-21-19-17(18-7-4-8-28-18)13-29-20(19)22-14-26(21)24-10-16-9-23-25(12-16)11-15-5-2-1-3-6-15/h1-10,12-14H,11H2/b24-10-. The van der Waals surface area contributed by atoms with Gasteiger partial charge in [0.1, 0.15) is 16.9 Å². The van der Waals surface area contributed by atoms with Crippen molar-refractivity contribution in [2.45, 2.75) is 6.54 Å². The van der Waals surface area contributed by atoms with E-state index in [0.29, 0.717) is 22.5 Å². The van der Waals surface area contributed by atoms with Crippen LogP contribution >= 0.6 is 11.3 Å². The molecule has 0 radical (unpaired) electrons. The van der Waals surface area contributed by atoms with Crippen LogP contribution in [0.1, 0.15) is 11.1 Å². The highest BCUT2D eigenvalue weighted by Gasteiger charge is 2.14. The van der Waals surface area contributed by atoms with Gasteiger partial charge in [0.25, 0.3) is 5.56 Å². The first-order valence-corrected chi connectivity index (χ1v) is 9.79. The van der Waals surface area contributed by atoms with Gasteiger partial charge in [-0.15, -0.1) is 11.3 Å². The molecule has 29 heavy (non-hydrogen) atoms. The first-order valence-electron chi connectivity index (χ1n) is 8.91. The molecule has 5 rings (SSSR count). The Bertz CT molecular complexity index is 1350. The largest absolute Gasteiger partial charge is 0.464 e. The number of hydrogen-bond acceptors (Lipinski definition) is 6. The Hall–Kier alpha value is -3.78. The summed E-state index contributed by atoms with van der Waals surface area (Å²) < 4.78 is 8.50. The lowest BCUT2D eigenvalue weighted by Gasteiger charge is -2.00. The molecule has 0 spiro atoms. The summed E-state index contributed by atoms with van der Waals surface area (Å²) in [4.78, 5) is 17.9. The lowest BCUT2D eigenvalue weighted by atomic mass is 10.2. The minimum atomic E-state index is -0.240. The van der Waals surface area contributed by atoms with Gasteiger partial charge in [-0.05, 0) is 17.7 Å². The van der Waals surface area contributed by atoms with Crippen molar-refractivity contribution in [1.82, 2.24) is 19.4 Å². The Balaban J connectivity index is 1.43. The highest BCUT2D eigenvalue weighted by molar-refractivity contribution is 7.17. The van der Waals surface area contributed by atoms with Gasteiger partial charge < -0.3 is 4.42 Å². The van der Waals surface area contributed by atoms with Crippen LogP contribution in [-0.4, -0.2) is 25.7 Å². The van der Waals surface area contributed by atoms with Crippen molar-refractivity contribution in [2.75, 3.05) is 0 Å². The third-order valence-electron chi connectivity index (χ3n) is 4.44. The van der Waals surface area contributed by atoms with Gasteiger partial charge in [-0.2, -0.15) is 14.9 Å². The molecule has 0 fully saturated rings. The molecular formula is C21H15N5O2S. The molecule has 0 unspecified atom stereocenters. The maximum Gasteiger partial charge on any atom is 0.283 e. The number of hydrogen-bond donors (Lipinski definition) is 0. The van der Waals surface area contributed by atoms with Crippen molar-refractivity contribution < 1.29 is 4.42 Å². The lowest BCUT2D eigenvalue weighted by molar-refractivity contribution is 0.583. The van der Waals surface area contributed by atoms with Crippen molar-refractivity contribution in [1.29, 1.82) is 0 Å².